The second kappa shape index (κ2) is 3.35. The van der Waals surface area contributed by atoms with Crippen LogP contribution in [-0.2, 0) is 0 Å². The highest BCUT2D eigenvalue weighted by molar-refractivity contribution is 4.89. The van der Waals surface area contributed by atoms with E-state index in [-0.39, 0.29) is 6.10 Å². The van der Waals surface area contributed by atoms with E-state index in [4.69, 9.17) is 5.73 Å². The summed E-state index contributed by atoms with van der Waals surface area (Å²) in [4.78, 5) is 0. The lowest BCUT2D eigenvalue weighted by Crippen LogP contribution is -2.41. The van der Waals surface area contributed by atoms with Crippen molar-refractivity contribution in [3.63, 3.8) is 0 Å². The number of hydrogen-bond acceptors (Lipinski definition) is 2. The Hall–Kier alpha value is -0.0800. The number of nitrogens with two attached hydrogens (primary N) is 1. The first-order valence-corrected chi connectivity index (χ1v) is 5.19. The topological polar surface area (TPSA) is 46.2 Å². The number of aliphatic hydroxyl groups excluding tert-OH is 1. The van der Waals surface area contributed by atoms with Gasteiger partial charge in [0.05, 0.1) is 6.10 Å². The highest BCUT2D eigenvalue weighted by atomic mass is 16.3. The Labute approximate surface area is 74.1 Å². The first kappa shape index (κ1) is 8.52. The second-order valence-electron chi connectivity index (χ2n) is 4.48. The third-order valence-electron chi connectivity index (χ3n) is 3.84. The normalized spacial score (nSPS) is 43.0. The number of fused-ring (bicyclic) bond motifs is 3. The number of rotatable bonds is 2. The van der Waals surface area contributed by atoms with E-state index in [1.807, 2.05) is 0 Å². The van der Waals surface area contributed by atoms with Crippen molar-refractivity contribution >= 4 is 0 Å². The fourth-order valence-corrected chi connectivity index (χ4v) is 3.08. The van der Waals surface area contributed by atoms with Crippen LogP contribution >= 0.6 is 0 Å². The van der Waals surface area contributed by atoms with Gasteiger partial charge in [-0.25, -0.2) is 0 Å². The number of aliphatic hydroxyl groups is 1. The zero-order chi connectivity index (χ0) is 8.55. The molecule has 3 aliphatic carbocycles. The summed E-state index contributed by atoms with van der Waals surface area (Å²) in [7, 11) is 0. The summed E-state index contributed by atoms with van der Waals surface area (Å²) in [5.41, 5.74) is 5.48. The van der Waals surface area contributed by atoms with Gasteiger partial charge in [-0.15, -0.1) is 0 Å². The molecule has 3 saturated carbocycles. The van der Waals surface area contributed by atoms with Crippen molar-refractivity contribution in [3.05, 3.63) is 0 Å². The Morgan fingerprint density at radius 3 is 2.33 bits per heavy atom. The molecule has 3 aliphatic rings. The molecule has 0 aliphatic heterocycles. The van der Waals surface area contributed by atoms with Crippen LogP contribution < -0.4 is 5.73 Å². The van der Waals surface area contributed by atoms with E-state index in [0.717, 1.165) is 11.8 Å². The van der Waals surface area contributed by atoms with E-state index >= 15 is 0 Å². The van der Waals surface area contributed by atoms with Gasteiger partial charge in [0, 0.05) is 6.54 Å². The fourth-order valence-electron chi connectivity index (χ4n) is 3.08. The average Bonchev–Trinajstić information content (AvgIpc) is 2.18. The monoisotopic (exact) mass is 169 g/mol. The fraction of sp³-hybridized carbons (Fsp3) is 1.00. The van der Waals surface area contributed by atoms with Crippen molar-refractivity contribution in [2.75, 3.05) is 6.54 Å². The lowest BCUT2D eigenvalue weighted by Gasteiger charge is -2.44. The molecular weight excluding hydrogens is 150 g/mol. The lowest BCUT2D eigenvalue weighted by atomic mass is 9.63. The van der Waals surface area contributed by atoms with Gasteiger partial charge in [0.25, 0.3) is 0 Å². The molecule has 2 heteroatoms. The van der Waals surface area contributed by atoms with Gasteiger partial charge in [0.2, 0.25) is 0 Å². The van der Waals surface area contributed by atoms with E-state index in [0.29, 0.717) is 12.5 Å². The molecule has 2 bridgehead atoms. The minimum absolute atomic E-state index is 0.224. The van der Waals surface area contributed by atoms with Crippen molar-refractivity contribution in [1.29, 1.82) is 0 Å². The molecule has 2 atom stereocenters. The number of hydrogen-bond donors (Lipinski definition) is 2. The zero-order valence-electron chi connectivity index (χ0n) is 7.58. The second-order valence-corrected chi connectivity index (χ2v) is 4.48. The van der Waals surface area contributed by atoms with Crippen LogP contribution in [-0.4, -0.2) is 17.8 Å². The predicted molar refractivity (Wildman–Crippen MR) is 48.6 cm³/mol. The minimum Gasteiger partial charge on any atom is -0.392 e. The Balaban J connectivity index is 1.99. The smallest absolute Gasteiger partial charge is 0.0693 e. The molecule has 0 radical (unpaired) electrons. The third kappa shape index (κ3) is 1.38. The zero-order valence-corrected chi connectivity index (χ0v) is 7.58. The van der Waals surface area contributed by atoms with Crippen molar-refractivity contribution in [2.45, 2.75) is 38.2 Å². The van der Waals surface area contributed by atoms with E-state index < -0.39 is 0 Å². The van der Waals surface area contributed by atoms with Gasteiger partial charge >= 0.3 is 0 Å². The van der Waals surface area contributed by atoms with Crippen molar-refractivity contribution < 1.29 is 5.11 Å². The summed E-state index contributed by atoms with van der Waals surface area (Å²) < 4.78 is 0. The molecule has 0 aromatic carbocycles. The van der Waals surface area contributed by atoms with Crippen LogP contribution in [0, 0.1) is 17.8 Å². The van der Waals surface area contributed by atoms with Gasteiger partial charge < -0.3 is 10.8 Å². The molecule has 1 unspecified atom stereocenters. The van der Waals surface area contributed by atoms with Gasteiger partial charge in [-0.05, 0) is 37.0 Å². The highest BCUT2D eigenvalue weighted by Gasteiger charge is 2.38. The molecule has 12 heavy (non-hydrogen) atoms. The van der Waals surface area contributed by atoms with E-state index in [1.54, 1.807) is 0 Å². The van der Waals surface area contributed by atoms with E-state index in [9.17, 15) is 5.11 Å². The summed E-state index contributed by atoms with van der Waals surface area (Å²) in [6, 6.07) is 0. The largest absolute Gasteiger partial charge is 0.392 e. The van der Waals surface area contributed by atoms with Crippen LogP contribution in [0.5, 0.6) is 0 Å². The van der Waals surface area contributed by atoms with Gasteiger partial charge in [-0.2, -0.15) is 0 Å². The Morgan fingerprint density at radius 1 is 1.25 bits per heavy atom. The van der Waals surface area contributed by atoms with Crippen molar-refractivity contribution in [2.24, 2.45) is 23.5 Å². The van der Waals surface area contributed by atoms with Crippen LogP contribution in [0.2, 0.25) is 0 Å². The highest BCUT2D eigenvalue weighted by Crippen LogP contribution is 2.45. The summed E-state index contributed by atoms with van der Waals surface area (Å²) in [6.07, 6.45) is 6.50. The van der Waals surface area contributed by atoms with Gasteiger partial charge in [-0.3, -0.25) is 0 Å². The molecule has 0 heterocycles. The Morgan fingerprint density at radius 2 is 1.92 bits per heavy atom. The van der Waals surface area contributed by atoms with Crippen LogP contribution in [0.4, 0.5) is 0 Å². The van der Waals surface area contributed by atoms with E-state index in [2.05, 4.69) is 0 Å². The molecule has 0 aromatic heterocycles. The molecular formula is C10H19NO. The first-order chi connectivity index (χ1) is 5.81. The van der Waals surface area contributed by atoms with Crippen LogP contribution in [0.25, 0.3) is 0 Å². The maximum Gasteiger partial charge on any atom is 0.0693 e. The van der Waals surface area contributed by atoms with E-state index in [1.165, 1.54) is 32.1 Å². The summed E-state index contributed by atoms with van der Waals surface area (Å²) in [6.45, 7) is 0.452. The maximum absolute atomic E-state index is 9.68. The van der Waals surface area contributed by atoms with Gasteiger partial charge in [0.1, 0.15) is 0 Å². The Bertz CT molecular complexity index is 152. The molecule has 2 nitrogen and oxygen atoms in total. The van der Waals surface area contributed by atoms with Gasteiger partial charge in [0.15, 0.2) is 0 Å². The van der Waals surface area contributed by atoms with Crippen molar-refractivity contribution in [1.82, 2.24) is 0 Å². The molecule has 3 fully saturated rings. The predicted octanol–water partition coefficient (Wildman–Crippen LogP) is 1.13. The molecule has 0 amide bonds. The third-order valence-corrected chi connectivity index (χ3v) is 3.84. The van der Waals surface area contributed by atoms with Gasteiger partial charge in [-0.1, -0.05) is 12.8 Å². The van der Waals surface area contributed by atoms with Crippen molar-refractivity contribution in [3.8, 4) is 0 Å². The quantitative estimate of drug-likeness (QED) is 0.651. The summed E-state index contributed by atoms with van der Waals surface area (Å²) in [5.74, 6) is 2.22. The average molecular weight is 169 g/mol. The molecule has 0 aromatic rings. The molecule has 3 rings (SSSR count). The molecule has 3 N–H and O–H groups in total. The lowest BCUT2D eigenvalue weighted by molar-refractivity contribution is 0.00126. The molecule has 0 spiro atoms. The first-order valence-electron chi connectivity index (χ1n) is 5.19. The van der Waals surface area contributed by atoms with Crippen LogP contribution in [0.3, 0.4) is 0 Å². The standard InChI is InChI=1S/C10H19NO/c11-6-10(12)9-5-7-1-3-8(9)4-2-7/h7-10,12H,1-6,11H2/t7?,8?,9?,10-/m0/s1. The van der Waals surface area contributed by atoms with Crippen LogP contribution in [0.15, 0.2) is 0 Å². The summed E-state index contributed by atoms with van der Waals surface area (Å²) >= 11 is 0. The maximum atomic E-state index is 9.68. The molecule has 70 valence electrons. The van der Waals surface area contributed by atoms with Crippen LogP contribution in [0.1, 0.15) is 32.1 Å². The molecule has 0 saturated heterocycles. The summed E-state index contributed by atoms with van der Waals surface area (Å²) in [5, 5.41) is 9.68. The SMILES string of the molecule is NC[C@H](O)C1CC2CCC1CC2. The Kier molecular flexibility index (Phi) is 2.37. The minimum atomic E-state index is -0.224.